The van der Waals surface area contributed by atoms with E-state index in [0.29, 0.717) is 22.1 Å². The van der Waals surface area contributed by atoms with Crippen LogP contribution in [0.5, 0.6) is 0 Å². The van der Waals surface area contributed by atoms with Crippen LogP contribution in [0.4, 0.5) is 8.78 Å². The molecule has 0 amide bonds. The molecule has 0 nitrogen and oxygen atoms in total. The molecule has 0 unspecified atom stereocenters. The molecule has 0 aliphatic carbocycles. The van der Waals surface area contributed by atoms with Crippen molar-refractivity contribution in [3.8, 4) is 22.3 Å². The minimum Gasteiger partial charge on any atom is -0.206 e. The van der Waals surface area contributed by atoms with Gasteiger partial charge in [0.1, 0.15) is 11.6 Å². The van der Waals surface area contributed by atoms with Crippen molar-refractivity contribution in [3.63, 3.8) is 0 Å². The van der Waals surface area contributed by atoms with Gasteiger partial charge in [-0.2, -0.15) is 0 Å². The predicted molar refractivity (Wildman–Crippen MR) is 109 cm³/mol. The van der Waals surface area contributed by atoms with Crippen molar-refractivity contribution in [2.45, 2.75) is 20.3 Å². The summed E-state index contributed by atoms with van der Waals surface area (Å²) in [6.45, 7) is 4.07. The van der Waals surface area contributed by atoms with Crippen molar-refractivity contribution in [2.24, 2.45) is 0 Å². The van der Waals surface area contributed by atoms with Gasteiger partial charge in [-0.05, 0) is 41.5 Å². The maximum atomic E-state index is 15.1. The lowest BCUT2D eigenvalue weighted by molar-refractivity contribution is 0.630. The summed E-state index contributed by atoms with van der Waals surface area (Å²) >= 11 is 0. The molecule has 0 N–H and O–H groups in total. The fourth-order valence-electron chi connectivity index (χ4n) is 3.43. The fourth-order valence-corrected chi connectivity index (χ4v) is 3.43. The van der Waals surface area contributed by atoms with E-state index in [0.717, 1.165) is 22.9 Å². The number of rotatable bonds is 3. The largest absolute Gasteiger partial charge is 0.206 e. The van der Waals surface area contributed by atoms with Gasteiger partial charge in [-0.15, -0.1) is 0 Å². The zero-order chi connectivity index (χ0) is 19.0. The quantitative estimate of drug-likeness (QED) is 0.360. The number of fused-ring (bicyclic) bond motifs is 1. The number of hydrogen-bond acceptors (Lipinski definition) is 0. The molecule has 0 aliphatic heterocycles. The zero-order valence-corrected chi connectivity index (χ0v) is 15.4. The SMILES string of the molecule is CCc1ccc2c(F)c(-c3ccc(-c4ccc(C)cc4)c(F)c3)ccc2c1. The third-order valence-electron chi connectivity index (χ3n) is 5.07. The minimum absolute atomic E-state index is 0.308. The van der Waals surface area contributed by atoms with E-state index in [1.807, 2.05) is 55.5 Å². The monoisotopic (exact) mass is 358 g/mol. The molecule has 4 aromatic carbocycles. The average molecular weight is 358 g/mol. The molecule has 27 heavy (non-hydrogen) atoms. The van der Waals surface area contributed by atoms with E-state index < -0.39 is 0 Å². The third kappa shape index (κ3) is 3.23. The molecule has 0 saturated heterocycles. The molecule has 4 rings (SSSR count). The number of benzene rings is 4. The Kier molecular flexibility index (Phi) is 4.49. The Hall–Kier alpha value is -3.00. The van der Waals surface area contributed by atoms with Gasteiger partial charge in [0.05, 0.1) is 0 Å². The molecule has 134 valence electrons. The second-order valence-corrected chi connectivity index (χ2v) is 6.90. The van der Waals surface area contributed by atoms with E-state index in [2.05, 4.69) is 6.92 Å². The summed E-state index contributed by atoms with van der Waals surface area (Å²) in [7, 11) is 0. The molecule has 0 spiro atoms. The Labute approximate surface area is 158 Å². The topological polar surface area (TPSA) is 0 Å². The van der Waals surface area contributed by atoms with Crippen LogP contribution in [0.2, 0.25) is 0 Å². The smallest absolute Gasteiger partial charge is 0.138 e. The molecule has 0 bridgehead atoms. The van der Waals surface area contributed by atoms with E-state index in [1.165, 1.54) is 11.6 Å². The van der Waals surface area contributed by atoms with Crippen LogP contribution in [-0.2, 0) is 6.42 Å². The van der Waals surface area contributed by atoms with Crippen LogP contribution >= 0.6 is 0 Å². The molecular formula is C25H20F2. The maximum Gasteiger partial charge on any atom is 0.138 e. The van der Waals surface area contributed by atoms with Crippen LogP contribution in [0.15, 0.2) is 72.8 Å². The predicted octanol–water partition coefficient (Wildman–Crippen LogP) is 7.32. The summed E-state index contributed by atoms with van der Waals surface area (Å²) in [6.07, 6.45) is 0.908. The molecule has 0 aromatic heterocycles. The van der Waals surface area contributed by atoms with E-state index in [1.54, 1.807) is 18.2 Å². The lowest BCUT2D eigenvalue weighted by Gasteiger charge is -2.10. The minimum atomic E-state index is -0.350. The Balaban J connectivity index is 1.78. The van der Waals surface area contributed by atoms with E-state index in [-0.39, 0.29) is 11.6 Å². The summed E-state index contributed by atoms with van der Waals surface area (Å²) < 4.78 is 29.8. The number of halogens is 2. The second-order valence-electron chi connectivity index (χ2n) is 6.90. The molecule has 2 heteroatoms. The van der Waals surface area contributed by atoms with Crippen molar-refractivity contribution >= 4 is 10.8 Å². The summed E-state index contributed by atoms with van der Waals surface area (Å²) in [4.78, 5) is 0. The molecule has 0 saturated carbocycles. The van der Waals surface area contributed by atoms with Gasteiger partial charge in [-0.25, -0.2) is 8.78 Å². The van der Waals surface area contributed by atoms with Crippen LogP contribution in [-0.4, -0.2) is 0 Å². The Bertz CT molecular complexity index is 1130. The first-order chi connectivity index (χ1) is 13.1. The molecular weight excluding hydrogens is 338 g/mol. The molecule has 0 heterocycles. The van der Waals surface area contributed by atoms with Crippen molar-refractivity contribution in [1.29, 1.82) is 0 Å². The lowest BCUT2D eigenvalue weighted by atomic mass is 9.96. The number of aryl methyl sites for hydroxylation is 2. The van der Waals surface area contributed by atoms with Gasteiger partial charge in [-0.1, -0.05) is 79.2 Å². The van der Waals surface area contributed by atoms with Crippen LogP contribution in [0, 0.1) is 18.6 Å². The normalized spacial score (nSPS) is 11.1. The Morgan fingerprint density at radius 1 is 0.704 bits per heavy atom. The van der Waals surface area contributed by atoms with Gasteiger partial charge in [0.25, 0.3) is 0 Å². The highest BCUT2D eigenvalue weighted by molar-refractivity contribution is 5.89. The maximum absolute atomic E-state index is 15.1. The first-order valence-electron chi connectivity index (χ1n) is 9.15. The highest BCUT2D eigenvalue weighted by Gasteiger charge is 2.13. The summed E-state index contributed by atoms with van der Waals surface area (Å²) in [5.74, 6) is -0.658. The Morgan fingerprint density at radius 3 is 2.11 bits per heavy atom. The summed E-state index contributed by atoms with van der Waals surface area (Å²) in [5, 5.41) is 1.43. The first kappa shape index (κ1) is 17.4. The van der Waals surface area contributed by atoms with Crippen LogP contribution in [0.1, 0.15) is 18.1 Å². The zero-order valence-electron chi connectivity index (χ0n) is 15.4. The summed E-state index contributed by atoms with van der Waals surface area (Å²) in [6, 6.07) is 22.0. The molecule has 0 atom stereocenters. The van der Waals surface area contributed by atoms with Crippen LogP contribution in [0.25, 0.3) is 33.0 Å². The van der Waals surface area contributed by atoms with Gasteiger partial charge in [0.2, 0.25) is 0 Å². The van der Waals surface area contributed by atoms with Crippen LogP contribution in [0.3, 0.4) is 0 Å². The fraction of sp³-hybridized carbons (Fsp3) is 0.120. The first-order valence-corrected chi connectivity index (χ1v) is 9.15. The van der Waals surface area contributed by atoms with E-state index in [9.17, 15) is 4.39 Å². The van der Waals surface area contributed by atoms with Gasteiger partial charge in [0.15, 0.2) is 0 Å². The second kappa shape index (κ2) is 6.96. The summed E-state index contributed by atoms with van der Waals surface area (Å²) in [5.41, 5.74) is 4.59. The van der Waals surface area contributed by atoms with Gasteiger partial charge in [-0.3, -0.25) is 0 Å². The van der Waals surface area contributed by atoms with E-state index in [4.69, 9.17) is 0 Å². The van der Waals surface area contributed by atoms with Crippen LogP contribution < -0.4 is 0 Å². The lowest BCUT2D eigenvalue weighted by Crippen LogP contribution is -1.91. The van der Waals surface area contributed by atoms with Crippen molar-refractivity contribution < 1.29 is 8.78 Å². The Morgan fingerprint density at radius 2 is 1.41 bits per heavy atom. The third-order valence-corrected chi connectivity index (χ3v) is 5.07. The number of hydrogen-bond donors (Lipinski definition) is 0. The van der Waals surface area contributed by atoms with Crippen molar-refractivity contribution in [3.05, 3.63) is 95.6 Å². The van der Waals surface area contributed by atoms with Gasteiger partial charge in [0, 0.05) is 16.5 Å². The van der Waals surface area contributed by atoms with Gasteiger partial charge < -0.3 is 0 Å². The highest BCUT2D eigenvalue weighted by atomic mass is 19.1. The molecule has 4 aromatic rings. The standard InChI is InChI=1S/C25H20F2/c1-3-17-6-11-22-19(14-17)10-13-23(25(22)27)20-9-12-21(24(26)15-20)18-7-4-16(2)5-8-18/h4-15H,3H2,1-2H3. The molecule has 0 fully saturated rings. The molecule has 0 radical (unpaired) electrons. The highest BCUT2D eigenvalue weighted by Crippen LogP contribution is 2.32. The van der Waals surface area contributed by atoms with E-state index >= 15 is 4.39 Å². The van der Waals surface area contributed by atoms with Gasteiger partial charge >= 0.3 is 0 Å². The van der Waals surface area contributed by atoms with Crippen molar-refractivity contribution in [2.75, 3.05) is 0 Å². The average Bonchev–Trinajstić information content (AvgIpc) is 2.69. The molecule has 0 aliphatic rings. The van der Waals surface area contributed by atoms with Crippen molar-refractivity contribution in [1.82, 2.24) is 0 Å².